The summed E-state index contributed by atoms with van der Waals surface area (Å²) in [4.78, 5) is 12.2. The maximum atomic E-state index is 12.2. The van der Waals surface area contributed by atoms with Crippen molar-refractivity contribution in [3.05, 3.63) is 121 Å². The van der Waals surface area contributed by atoms with Crippen molar-refractivity contribution in [2.45, 2.75) is 21.6 Å². The van der Waals surface area contributed by atoms with Gasteiger partial charge >= 0.3 is 0 Å². The van der Waals surface area contributed by atoms with Crippen molar-refractivity contribution in [2.75, 3.05) is 10.6 Å². The first-order valence-corrected chi connectivity index (χ1v) is 22.0. The van der Waals surface area contributed by atoms with Crippen molar-refractivity contribution in [3.8, 4) is 17.3 Å². The van der Waals surface area contributed by atoms with Gasteiger partial charge < -0.3 is 10.6 Å². The zero-order valence-electron chi connectivity index (χ0n) is 30.4. The number of nitrogens with zero attached hydrogens (tertiary/aromatic N) is 8. The summed E-state index contributed by atoms with van der Waals surface area (Å²) < 4.78 is 99.7. The minimum absolute atomic E-state index is 0.00776. The van der Waals surface area contributed by atoms with Gasteiger partial charge in [-0.15, -0.1) is 20.5 Å². The molecule has 3 heterocycles. The number of hydrogen-bond acceptors (Lipinski definition) is 17. The third kappa shape index (κ3) is 9.19. The van der Waals surface area contributed by atoms with Gasteiger partial charge in [-0.1, -0.05) is 35.6 Å². The molecule has 7 aromatic rings. The van der Waals surface area contributed by atoms with Gasteiger partial charge in [-0.3, -0.25) is 18.6 Å². The highest BCUT2D eigenvalue weighted by molar-refractivity contribution is 7.86. The van der Waals surface area contributed by atoms with Gasteiger partial charge in [-0.05, 0) is 85.1 Å². The first kappa shape index (κ1) is 41.3. The van der Waals surface area contributed by atoms with Crippen LogP contribution in [0.5, 0.6) is 0 Å². The van der Waals surface area contributed by atoms with Gasteiger partial charge in [0.1, 0.15) is 22.3 Å². The molecule has 4 aromatic carbocycles. The number of thiazole rings is 1. The highest BCUT2D eigenvalue weighted by Gasteiger charge is 2.21. The van der Waals surface area contributed by atoms with Crippen molar-refractivity contribution in [3.63, 3.8) is 0 Å². The fourth-order valence-electron chi connectivity index (χ4n) is 5.66. The molecule has 3 aromatic heterocycles. The summed E-state index contributed by atoms with van der Waals surface area (Å²) in [5, 5.41) is 34.8. The van der Waals surface area contributed by atoms with E-state index in [2.05, 4.69) is 52.1 Å². The molecule has 0 amide bonds. The lowest BCUT2D eigenvalue weighted by atomic mass is 10.1. The molecule has 0 aliphatic carbocycles. The summed E-state index contributed by atoms with van der Waals surface area (Å²) in [6.07, 6.45) is 3.08. The van der Waals surface area contributed by atoms with Gasteiger partial charge in [0.05, 0.1) is 21.0 Å². The first-order chi connectivity index (χ1) is 28.5. The third-order valence-corrected chi connectivity index (χ3v) is 11.9. The monoisotopic (exact) mass is 882 g/mol. The number of rotatable bonds is 12. The molecule has 0 aliphatic heterocycles. The second-order valence-corrected chi connectivity index (χ2v) is 17.6. The molecule has 302 valence electrons. The number of nitrogens with one attached hydrogen (secondary N) is 2. The Bertz CT molecular complexity index is 3250. The van der Waals surface area contributed by atoms with Crippen molar-refractivity contribution < 1.29 is 38.9 Å². The van der Waals surface area contributed by atoms with E-state index in [4.69, 9.17) is 0 Å². The van der Waals surface area contributed by atoms with Crippen LogP contribution in [0.2, 0.25) is 0 Å². The molecule has 0 atom stereocenters. The Morgan fingerprint density at radius 2 is 1.28 bits per heavy atom. The molecule has 0 unspecified atom stereocenters. The number of aromatic nitrogens is 3. The minimum atomic E-state index is -4.62. The Morgan fingerprint density at radius 3 is 1.87 bits per heavy atom. The van der Waals surface area contributed by atoms with Crippen LogP contribution < -0.4 is 10.6 Å². The topological polar surface area (TPSA) is 299 Å². The Labute approximate surface area is 345 Å². The number of azo groups is 2. The van der Waals surface area contributed by atoms with E-state index in [1.165, 1.54) is 42.7 Å². The van der Waals surface area contributed by atoms with E-state index in [9.17, 15) is 44.2 Å². The van der Waals surface area contributed by atoms with E-state index in [0.717, 1.165) is 35.6 Å². The number of nitriles is 1. The molecule has 0 fully saturated rings. The second kappa shape index (κ2) is 16.4. The summed E-state index contributed by atoms with van der Waals surface area (Å²) in [5.41, 5.74) is 1.94. The highest BCUT2D eigenvalue weighted by atomic mass is 32.2. The molecule has 19 nitrogen and oxygen atoms in total. The maximum absolute atomic E-state index is 12.2. The number of anilines is 4. The lowest BCUT2D eigenvalue weighted by Gasteiger charge is -2.16. The zero-order chi connectivity index (χ0) is 42.8. The van der Waals surface area contributed by atoms with Crippen LogP contribution in [0.25, 0.3) is 22.0 Å². The average molecular weight is 883 g/mol. The van der Waals surface area contributed by atoms with Gasteiger partial charge in [0.2, 0.25) is 5.13 Å². The van der Waals surface area contributed by atoms with E-state index in [0.29, 0.717) is 33.4 Å². The standard InChI is InChI=1S/C37H26N10O9S4/c1-21-30(20-38)34(40-24-6-10-27(11-7-24)58(48,49)50)43-35(41-25-8-12-28(13-9-25)59(51,52)53)32(21)45-47-37-42-33(22-14-16-39-17-15-22)36(57-37)46-44-26-18-23-4-2-3-5-29(23)31(19-26)60(54,55)56/h2-19H,1H3,(H2,40,41,43)(H,48,49,50)(H,51,52,53)(H,54,55,56). The van der Waals surface area contributed by atoms with Crippen LogP contribution in [-0.4, -0.2) is 53.9 Å². The molecule has 60 heavy (non-hydrogen) atoms. The number of hydrogen-bond donors (Lipinski definition) is 5. The maximum Gasteiger partial charge on any atom is 0.295 e. The Hall–Kier alpha value is -6.91. The zero-order valence-corrected chi connectivity index (χ0v) is 33.7. The van der Waals surface area contributed by atoms with Crippen LogP contribution in [0.3, 0.4) is 0 Å². The van der Waals surface area contributed by atoms with Crippen LogP contribution in [0.15, 0.2) is 145 Å². The van der Waals surface area contributed by atoms with Crippen LogP contribution >= 0.6 is 11.3 Å². The molecule has 0 radical (unpaired) electrons. The molecule has 0 saturated heterocycles. The van der Waals surface area contributed by atoms with E-state index >= 15 is 0 Å². The van der Waals surface area contributed by atoms with Gasteiger partial charge in [0.15, 0.2) is 16.6 Å². The van der Waals surface area contributed by atoms with Gasteiger partial charge in [0, 0.05) is 40.3 Å². The Balaban J connectivity index is 1.31. The minimum Gasteiger partial charge on any atom is -0.339 e. The van der Waals surface area contributed by atoms with E-state index < -0.39 is 30.4 Å². The summed E-state index contributed by atoms with van der Waals surface area (Å²) >= 11 is 0.964. The molecule has 0 saturated carbocycles. The molecule has 23 heteroatoms. The normalized spacial score (nSPS) is 12.2. The predicted molar refractivity (Wildman–Crippen MR) is 220 cm³/mol. The van der Waals surface area contributed by atoms with Gasteiger partial charge in [0.25, 0.3) is 30.4 Å². The average Bonchev–Trinajstić information content (AvgIpc) is 3.62. The fraction of sp³-hybridized carbons (Fsp3) is 0.0270. The van der Waals surface area contributed by atoms with Gasteiger partial charge in [-0.2, -0.15) is 30.5 Å². The first-order valence-electron chi connectivity index (χ1n) is 16.9. The van der Waals surface area contributed by atoms with Crippen molar-refractivity contribution in [1.29, 1.82) is 5.26 Å². The Kier molecular flexibility index (Phi) is 11.3. The SMILES string of the molecule is Cc1c(C#N)c(Nc2ccc(S(=O)(=O)O)cc2)nc(Nc2ccc(S(=O)(=O)O)cc2)c1N=Nc1nc(-c2ccncc2)c(N=Nc2cc(S(=O)(=O)O)c3ccccc3c2)s1. The third-order valence-electron chi connectivity index (χ3n) is 8.49. The van der Waals surface area contributed by atoms with Crippen LogP contribution in [0.4, 0.5) is 44.5 Å². The number of fused-ring (bicyclic) bond motifs is 1. The predicted octanol–water partition coefficient (Wildman–Crippen LogP) is 8.99. The van der Waals surface area contributed by atoms with Crippen molar-refractivity contribution >= 4 is 97.0 Å². The fourth-order valence-corrected chi connectivity index (χ4v) is 8.09. The summed E-state index contributed by atoms with van der Waals surface area (Å²) in [7, 11) is -13.6. The van der Waals surface area contributed by atoms with Crippen molar-refractivity contribution in [1.82, 2.24) is 15.0 Å². The highest BCUT2D eigenvalue weighted by Crippen LogP contribution is 2.43. The quantitative estimate of drug-likeness (QED) is 0.0565. The lowest BCUT2D eigenvalue weighted by Crippen LogP contribution is -2.05. The number of benzene rings is 4. The summed E-state index contributed by atoms with van der Waals surface area (Å²) in [6.45, 7) is 1.57. The molecule has 0 bridgehead atoms. The largest absolute Gasteiger partial charge is 0.339 e. The van der Waals surface area contributed by atoms with Gasteiger partial charge in [-0.25, -0.2) is 9.97 Å². The molecule has 7 rings (SSSR count). The summed E-state index contributed by atoms with van der Waals surface area (Å²) in [6, 6.07) is 24.8. The molecular formula is C37H26N10O9S4. The molecule has 0 aliphatic rings. The second-order valence-electron chi connectivity index (χ2n) is 12.4. The van der Waals surface area contributed by atoms with Crippen LogP contribution in [-0.2, 0) is 30.4 Å². The van der Waals surface area contributed by atoms with Crippen LogP contribution in [0, 0.1) is 18.3 Å². The molecule has 0 spiro atoms. The van der Waals surface area contributed by atoms with E-state index in [1.807, 2.05) is 0 Å². The lowest BCUT2D eigenvalue weighted by molar-refractivity contribution is 0.481. The Morgan fingerprint density at radius 1 is 0.683 bits per heavy atom. The summed E-state index contributed by atoms with van der Waals surface area (Å²) in [5.74, 6) is 0.0251. The molecule has 5 N–H and O–H groups in total. The number of pyridine rings is 2. The molecular weight excluding hydrogens is 857 g/mol. The van der Waals surface area contributed by atoms with E-state index in [-0.39, 0.29) is 59.0 Å². The van der Waals surface area contributed by atoms with E-state index in [1.54, 1.807) is 49.4 Å². The van der Waals surface area contributed by atoms with Crippen molar-refractivity contribution in [2.24, 2.45) is 20.5 Å². The van der Waals surface area contributed by atoms with Crippen LogP contribution in [0.1, 0.15) is 11.1 Å². The smallest absolute Gasteiger partial charge is 0.295 e.